The number of nitrogens with one attached hydrogen (secondary N) is 1. The summed E-state index contributed by atoms with van der Waals surface area (Å²) >= 11 is 3.48. The highest BCUT2D eigenvalue weighted by Crippen LogP contribution is 2.21. The van der Waals surface area contributed by atoms with Crippen molar-refractivity contribution in [1.29, 1.82) is 0 Å². The lowest BCUT2D eigenvalue weighted by atomic mass is 10.1. The zero-order valence-corrected chi connectivity index (χ0v) is 11.1. The van der Waals surface area contributed by atoms with Gasteiger partial charge in [-0.3, -0.25) is 0 Å². The van der Waals surface area contributed by atoms with Gasteiger partial charge in [0.05, 0.1) is 0 Å². The van der Waals surface area contributed by atoms with Crippen molar-refractivity contribution >= 4 is 21.8 Å². The van der Waals surface area contributed by atoms with E-state index in [-0.39, 0.29) is 0 Å². The summed E-state index contributed by atoms with van der Waals surface area (Å²) in [4.78, 5) is 4.65. The Morgan fingerprint density at radius 1 is 1.47 bits per heavy atom. The van der Waals surface area contributed by atoms with Crippen molar-refractivity contribution < 1.29 is 4.74 Å². The van der Waals surface area contributed by atoms with E-state index in [0.29, 0.717) is 12.1 Å². The number of benzene rings is 1. The standard InChI is InChI=1S/C13H15BrN2O/c14-10-3-1-2-9(6-10)7-13-16-11-8-15-5-4-12(11)17-13/h1-3,6,11-12,15H,4-5,7-8H2. The molecule has 0 aliphatic carbocycles. The fraction of sp³-hybridized carbons (Fsp3) is 0.462. The van der Waals surface area contributed by atoms with Crippen molar-refractivity contribution in [2.75, 3.05) is 13.1 Å². The molecule has 2 atom stereocenters. The molecule has 1 saturated heterocycles. The van der Waals surface area contributed by atoms with Crippen LogP contribution in [0.25, 0.3) is 0 Å². The van der Waals surface area contributed by atoms with Crippen molar-refractivity contribution in [2.24, 2.45) is 4.99 Å². The van der Waals surface area contributed by atoms with Crippen molar-refractivity contribution in [3.05, 3.63) is 34.3 Å². The van der Waals surface area contributed by atoms with Crippen LogP contribution in [0, 0.1) is 0 Å². The Balaban J connectivity index is 1.70. The van der Waals surface area contributed by atoms with Gasteiger partial charge < -0.3 is 10.1 Å². The minimum atomic E-state index is 0.304. The number of fused-ring (bicyclic) bond motifs is 1. The third-order valence-corrected chi connectivity index (χ3v) is 3.72. The number of rotatable bonds is 2. The summed E-state index contributed by atoms with van der Waals surface area (Å²) in [5.74, 6) is 0.891. The third-order valence-electron chi connectivity index (χ3n) is 3.23. The van der Waals surface area contributed by atoms with Crippen molar-refractivity contribution in [3.8, 4) is 0 Å². The van der Waals surface area contributed by atoms with Crippen LogP contribution < -0.4 is 5.32 Å². The van der Waals surface area contributed by atoms with Gasteiger partial charge in [-0.15, -0.1) is 0 Å². The molecular weight excluding hydrogens is 280 g/mol. The quantitative estimate of drug-likeness (QED) is 0.907. The molecule has 90 valence electrons. The van der Waals surface area contributed by atoms with Gasteiger partial charge in [-0.2, -0.15) is 0 Å². The van der Waals surface area contributed by atoms with E-state index in [0.717, 1.165) is 36.3 Å². The molecular formula is C13H15BrN2O. The number of piperidine rings is 1. The molecule has 3 rings (SSSR count). The molecule has 1 N–H and O–H groups in total. The summed E-state index contributed by atoms with van der Waals surface area (Å²) in [5, 5.41) is 3.36. The van der Waals surface area contributed by atoms with Gasteiger partial charge >= 0.3 is 0 Å². The van der Waals surface area contributed by atoms with E-state index >= 15 is 0 Å². The van der Waals surface area contributed by atoms with Crippen LogP contribution in [0.15, 0.2) is 33.7 Å². The third kappa shape index (κ3) is 2.53. The summed E-state index contributed by atoms with van der Waals surface area (Å²) in [5.41, 5.74) is 1.24. The van der Waals surface area contributed by atoms with Gasteiger partial charge in [-0.1, -0.05) is 28.1 Å². The van der Waals surface area contributed by atoms with Gasteiger partial charge in [-0.25, -0.2) is 4.99 Å². The van der Waals surface area contributed by atoms with E-state index in [9.17, 15) is 0 Å². The van der Waals surface area contributed by atoms with Crippen LogP contribution >= 0.6 is 15.9 Å². The monoisotopic (exact) mass is 294 g/mol. The number of hydrogen-bond acceptors (Lipinski definition) is 3. The molecule has 0 bridgehead atoms. The lowest BCUT2D eigenvalue weighted by molar-refractivity contribution is 0.158. The molecule has 1 fully saturated rings. The minimum Gasteiger partial charge on any atom is -0.475 e. The smallest absolute Gasteiger partial charge is 0.188 e. The Bertz CT molecular complexity index is 447. The first-order valence-corrected chi connectivity index (χ1v) is 6.79. The molecule has 2 heterocycles. The predicted molar refractivity (Wildman–Crippen MR) is 71.4 cm³/mol. The van der Waals surface area contributed by atoms with Crippen molar-refractivity contribution in [2.45, 2.75) is 25.0 Å². The number of ether oxygens (including phenoxy) is 1. The zero-order chi connectivity index (χ0) is 11.7. The number of hydrogen-bond donors (Lipinski definition) is 1. The summed E-state index contributed by atoms with van der Waals surface area (Å²) < 4.78 is 7.01. The number of aliphatic imine (C=N–C) groups is 1. The molecule has 0 saturated carbocycles. The van der Waals surface area contributed by atoms with Gasteiger partial charge in [-0.05, 0) is 30.7 Å². The average molecular weight is 295 g/mol. The van der Waals surface area contributed by atoms with E-state index in [1.54, 1.807) is 0 Å². The Kier molecular flexibility index (Phi) is 3.16. The maximum absolute atomic E-state index is 5.90. The molecule has 1 aromatic carbocycles. The highest BCUT2D eigenvalue weighted by Gasteiger charge is 2.32. The topological polar surface area (TPSA) is 33.6 Å². The van der Waals surface area contributed by atoms with E-state index in [2.05, 4.69) is 38.4 Å². The van der Waals surface area contributed by atoms with E-state index in [4.69, 9.17) is 4.74 Å². The second-order valence-electron chi connectivity index (χ2n) is 4.55. The average Bonchev–Trinajstić information content (AvgIpc) is 2.71. The molecule has 4 heteroatoms. The highest BCUT2D eigenvalue weighted by molar-refractivity contribution is 9.10. The molecule has 3 nitrogen and oxygen atoms in total. The second-order valence-corrected chi connectivity index (χ2v) is 5.46. The fourth-order valence-electron chi connectivity index (χ4n) is 2.38. The maximum atomic E-state index is 5.90. The van der Waals surface area contributed by atoms with Crippen LogP contribution in [0.5, 0.6) is 0 Å². The fourth-order valence-corrected chi connectivity index (χ4v) is 2.83. The molecule has 0 amide bonds. The van der Waals surface area contributed by atoms with E-state index in [1.807, 2.05) is 12.1 Å². The zero-order valence-electron chi connectivity index (χ0n) is 9.53. The minimum absolute atomic E-state index is 0.304. The summed E-state index contributed by atoms with van der Waals surface area (Å²) in [6.45, 7) is 1.99. The molecule has 0 radical (unpaired) electrons. The first kappa shape index (κ1) is 11.2. The number of nitrogens with zero attached hydrogens (tertiary/aromatic N) is 1. The molecule has 2 aliphatic rings. The van der Waals surface area contributed by atoms with Gasteiger partial charge in [0.15, 0.2) is 5.90 Å². The second kappa shape index (κ2) is 4.78. The normalized spacial score (nSPS) is 27.2. The lowest BCUT2D eigenvalue weighted by Crippen LogP contribution is -2.41. The first-order valence-electron chi connectivity index (χ1n) is 6.00. The van der Waals surface area contributed by atoms with Crippen LogP contribution in [0.2, 0.25) is 0 Å². The van der Waals surface area contributed by atoms with E-state index < -0.39 is 0 Å². The number of halogens is 1. The van der Waals surface area contributed by atoms with Crippen molar-refractivity contribution in [1.82, 2.24) is 5.32 Å². The van der Waals surface area contributed by atoms with Gasteiger partial charge in [0.2, 0.25) is 0 Å². The molecule has 2 unspecified atom stereocenters. The van der Waals surface area contributed by atoms with Crippen LogP contribution in [0.1, 0.15) is 12.0 Å². The first-order chi connectivity index (χ1) is 8.31. The molecule has 1 aromatic rings. The Labute approximate surface area is 109 Å². The highest BCUT2D eigenvalue weighted by atomic mass is 79.9. The van der Waals surface area contributed by atoms with Gasteiger partial charge in [0, 0.05) is 17.4 Å². The van der Waals surface area contributed by atoms with Gasteiger partial charge in [0.1, 0.15) is 12.1 Å². The van der Waals surface area contributed by atoms with Crippen LogP contribution in [0.3, 0.4) is 0 Å². The molecule has 0 aromatic heterocycles. The Morgan fingerprint density at radius 2 is 2.41 bits per heavy atom. The summed E-state index contributed by atoms with van der Waals surface area (Å²) in [6, 6.07) is 8.63. The molecule has 0 spiro atoms. The summed E-state index contributed by atoms with van der Waals surface area (Å²) in [7, 11) is 0. The van der Waals surface area contributed by atoms with E-state index in [1.165, 1.54) is 5.56 Å². The Morgan fingerprint density at radius 3 is 3.24 bits per heavy atom. The lowest BCUT2D eigenvalue weighted by Gasteiger charge is -2.23. The van der Waals surface area contributed by atoms with Crippen LogP contribution in [-0.4, -0.2) is 31.1 Å². The molecule has 2 aliphatic heterocycles. The Hall–Kier alpha value is -0.870. The largest absolute Gasteiger partial charge is 0.475 e. The summed E-state index contributed by atoms with van der Waals surface area (Å²) in [6.07, 6.45) is 2.17. The molecule has 17 heavy (non-hydrogen) atoms. The maximum Gasteiger partial charge on any atom is 0.188 e. The van der Waals surface area contributed by atoms with Crippen LogP contribution in [0.4, 0.5) is 0 Å². The predicted octanol–water partition coefficient (Wildman–Crippen LogP) is 2.15. The van der Waals surface area contributed by atoms with Gasteiger partial charge in [0.25, 0.3) is 0 Å². The van der Waals surface area contributed by atoms with Crippen molar-refractivity contribution in [3.63, 3.8) is 0 Å². The SMILES string of the molecule is Brc1cccc(CC2=NC3CNCCC3O2)c1. The van der Waals surface area contributed by atoms with Crippen LogP contribution in [-0.2, 0) is 11.2 Å².